The number of nitrogens with one attached hydrogen (secondary N) is 1. The van der Waals surface area contributed by atoms with E-state index in [9.17, 15) is 0 Å². The minimum atomic E-state index is 0.227. The van der Waals surface area contributed by atoms with Gasteiger partial charge in [-0.3, -0.25) is 0 Å². The molecule has 3 nitrogen and oxygen atoms in total. The molecule has 0 aliphatic carbocycles. The molecule has 19 heavy (non-hydrogen) atoms. The number of piperidine rings is 1. The summed E-state index contributed by atoms with van der Waals surface area (Å²) in [5.41, 5.74) is 0.461. The summed E-state index contributed by atoms with van der Waals surface area (Å²) in [6.07, 6.45) is 7.93. The second kappa shape index (κ2) is 7.61. The zero-order chi connectivity index (χ0) is 14.4. The number of ether oxygens (including phenoxy) is 1. The fourth-order valence-corrected chi connectivity index (χ4v) is 3.47. The van der Waals surface area contributed by atoms with Gasteiger partial charge in [0.15, 0.2) is 0 Å². The third kappa shape index (κ3) is 4.17. The largest absolute Gasteiger partial charge is 0.396 e. The van der Waals surface area contributed by atoms with Gasteiger partial charge in [0.1, 0.15) is 0 Å². The average Bonchev–Trinajstić information content (AvgIpc) is 2.47. The maximum absolute atomic E-state index is 8.89. The van der Waals surface area contributed by atoms with Crippen molar-refractivity contribution in [2.75, 3.05) is 13.2 Å². The van der Waals surface area contributed by atoms with Crippen molar-refractivity contribution in [3.8, 4) is 0 Å². The first-order valence-electron chi connectivity index (χ1n) is 8.11. The fourth-order valence-electron chi connectivity index (χ4n) is 3.47. The SMILES string of the molecule is CCC1(CC)CC(OCCCO)CC(CC)(CC)N1. The van der Waals surface area contributed by atoms with Crippen LogP contribution in [0.15, 0.2) is 0 Å². The quantitative estimate of drug-likeness (QED) is 0.666. The number of aliphatic hydroxyl groups is 1. The molecular weight excluding hydrogens is 238 g/mol. The Labute approximate surface area is 119 Å². The Morgan fingerprint density at radius 3 is 1.84 bits per heavy atom. The van der Waals surface area contributed by atoms with Crippen LogP contribution in [-0.2, 0) is 4.74 Å². The fraction of sp³-hybridized carbons (Fsp3) is 1.00. The van der Waals surface area contributed by atoms with Gasteiger partial charge in [0, 0.05) is 24.3 Å². The number of aliphatic hydroxyl groups excluding tert-OH is 1. The zero-order valence-electron chi connectivity index (χ0n) is 13.3. The van der Waals surface area contributed by atoms with Crippen LogP contribution in [-0.4, -0.2) is 35.5 Å². The summed E-state index contributed by atoms with van der Waals surface area (Å²) in [4.78, 5) is 0. The summed E-state index contributed by atoms with van der Waals surface area (Å²) in [6, 6.07) is 0. The highest BCUT2D eigenvalue weighted by molar-refractivity contribution is 5.04. The molecule has 1 rings (SSSR count). The van der Waals surface area contributed by atoms with Crippen molar-refractivity contribution in [2.45, 2.75) is 89.8 Å². The van der Waals surface area contributed by atoms with Crippen molar-refractivity contribution in [3.63, 3.8) is 0 Å². The smallest absolute Gasteiger partial charge is 0.0610 e. The Morgan fingerprint density at radius 1 is 1.00 bits per heavy atom. The molecule has 0 saturated carbocycles. The average molecular weight is 271 g/mol. The van der Waals surface area contributed by atoms with Gasteiger partial charge in [-0.1, -0.05) is 27.7 Å². The van der Waals surface area contributed by atoms with Crippen molar-refractivity contribution in [1.29, 1.82) is 0 Å². The van der Waals surface area contributed by atoms with E-state index in [-0.39, 0.29) is 17.7 Å². The van der Waals surface area contributed by atoms with Gasteiger partial charge in [0.05, 0.1) is 6.10 Å². The van der Waals surface area contributed by atoms with Crippen LogP contribution in [0.25, 0.3) is 0 Å². The van der Waals surface area contributed by atoms with Gasteiger partial charge in [-0.2, -0.15) is 0 Å². The molecule has 0 aromatic carbocycles. The molecule has 1 saturated heterocycles. The predicted molar refractivity (Wildman–Crippen MR) is 80.4 cm³/mol. The van der Waals surface area contributed by atoms with Crippen LogP contribution < -0.4 is 5.32 Å². The lowest BCUT2D eigenvalue weighted by atomic mass is 9.72. The number of hydrogen-bond donors (Lipinski definition) is 2. The van der Waals surface area contributed by atoms with Crippen molar-refractivity contribution in [3.05, 3.63) is 0 Å². The molecule has 1 aliphatic heterocycles. The molecule has 0 aromatic heterocycles. The molecule has 3 heteroatoms. The minimum absolute atomic E-state index is 0.227. The highest BCUT2D eigenvalue weighted by Crippen LogP contribution is 2.38. The van der Waals surface area contributed by atoms with Gasteiger partial charge in [0.25, 0.3) is 0 Å². The van der Waals surface area contributed by atoms with Gasteiger partial charge >= 0.3 is 0 Å². The van der Waals surface area contributed by atoms with E-state index < -0.39 is 0 Å². The summed E-state index contributed by atoms with van der Waals surface area (Å²) in [5.74, 6) is 0. The van der Waals surface area contributed by atoms with E-state index in [0.717, 1.165) is 44.9 Å². The summed E-state index contributed by atoms with van der Waals surface area (Å²) < 4.78 is 6.04. The van der Waals surface area contributed by atoms with Crippen LogP contribution in [0, 0.1) is 0 Å². The van der Waals surface area contributed by atoms with Gasteiger partial charge in [-0.15, -0.1) is 0 Å². The number of rotatable bonds is 8. The lowest BCUT2D eigenvalue weighted by molar-refractivity contribution is -0.0451. The molecule has 0 radical (unpaired) electrons. The topological polar surface area (TPSA) is 41.5 Å². The van der Waals surface area contributed by atoms with Crippen LogP contribution in [0.3, 0.4) is 0 Å². The monoisotopic (exact) mass is 271 g/mol. The van der Waals surface area contributed by atoms with Crippen molar-refractivity contribution in [2.24, 2.45) is 0 Å². The first kappa shape index (κ1) is 16.9. The lowest BCUT2D eigenvalue weighted by Crippen LogP contribution is -2.64. The minimum Gasteiger partial charge on any atom is -0.396 e. The van der Waals surface area contributed by atoms with Crippen molar-refractivity contribution < 1.29 is 9.84 Å². The Bertz CT molecular complexity index is 227. The highest BCUT2D eigenvalue weighted by atomic mass is 16.5. The van der Waals surface area contributed by atoms with Crippen LogP contribution >= 0.6 is 0 Å². The number of hydrogen-bond acceptors (Lipinski definition) is 3. The van der Waals surface area contributed by atoms with Crippen LogP contribution in [0.5, 0.6) is 0 Å². The third-order valence-electron chi connectivity index (χ3n) is 5.13. The molecule has 0 aromatic rings. The molecule has 1 aliphatic rings. The predicted octanol–water partition coefficient (Wildman–Crippen LogP) is 3.26. The summed E-state index contributed by atoms with van der Waals surface area (Å²) in [6.45, 7) is 10.0. The summed E-state index contributed by atoms with van der Waals surface area (Å²) in [5, 5.41) is 12.9. The van der Waals surface area contributed by atoms with E-state index >= 15 is 0 Å². The van der Waals surface area contributed by atoms with E-state index in [1.165, 1.54) is 0 Å². The molecule has 0 bridgehead atoms. The molecule has 0 amide bonds. The normalized spacial score (nSPS) is 22.6. The van der Waals surface area contributed by atoms with Crippen molar-refractivity contribution >= 4 is 0 Å². The molecule has 2 N–H and O–H groups in total. The van der Waals surface area contributed by atoms with E-state index in [4.69, 9.17) is 9.84 Å². The molecule has 0 spiro atoms. The second-order valence-electron chi connectivity index (χ2n) is 6.08. The lowest BCUT2D eigenvalue weighted by Gasteiger charge is -2.52. The van der Waals surface area contributed by atoms with E-state index in [1.807, 2.05) is 0 Å². The van der Waals surface area contributed by atoms with Gasteiger partial charge in [0.2, 0.25) is 0 Å². The van der Waals surface area contributed by atoms with Crippen LogP contribution in [0.1, 0.15) is 72.6 Å². The maximum atomic E-state index is 8.89. The second-order valence-corrected chi connectivity index (χ2v) is 6.08. The van der Waals surface area contributed by atoms with Gasteiger partial charge < -0.3 is 15.2 Å². The van der Waals surface area contributed by atoms with E-state index in [2.05, 4.69) is 33.0 Å². The van der Waals surface area contributed by atoms with E-state index in [0.29, 0.717) is 12.7 Å². The third-order valence-corrected chi connectivity index (χ3v) is 5.13. The standard InChI is InChI=1S/C16H33NO2/c1-5-15(6-2)12-14(19-11-9-10-18)13-16(7-3,8-4)17-15/h14,17-18H,5-13H2,1-4H3. The molecule has 1 heterocycles. The van der Waals surface area contributed by atoms with E-state index in [1.54, 1.807) is 0 Å². The molecule has 0 unspecified atom stereocenters. The van der Waals surface area contributed by atoms with Gasteiger partial charge in [-0.25, -0.2) is 0 Å². The van der Waals surface area contributed by atoms with Crippen LogP contribution in [0.4, 0.5) is 0 Å². The van der Waals surface area contributed by atoms with Gasteiger partial charge in [-0.05, 0) is 44.9 Å². The summed E-state index contributed by atoms with van der Waals surface area (Å²) >= 11 is 0. The Balaban J connectivity index is 2.77. The Hall–Kier alpha value is -0.120. The molecular formula is C16H33NO2. The first-order valence-corrected chi connectivity index (χ1v) is 8.11. The molecule has 114 valence electrons. The molecule has 1 fully saturated rings. The zero-order valence-corrected chi connectivity index (χ0v) is 13.3. The summed E-state index contributed by atoms with van der Waals surface area (Å²) in [7, 11) is 0. The highest BCUT2D eigenvalue weighted by Gasteiger charge is 2.44. The first-order chi connectivity index (χ1) is 9.09. The Morgan fingerprint density at radius 2 is 1.47 bits per heavy atom. The maximum Gasteiger partial charge on any atom is 0.0610 e. The Kier molecular flexibility index (Phi) is 6.78. The van der Waals surface area contributed by atoms with Crippen LogP contribution in [0.2, 0.25) is 0 Å². The van der Waals surface area contributed by atoms with Crippen molar-refractivity contribution in [1.82, 2.24) is 5.32 Å². The molecule has 0 atom stereocenters.